The molecule has 3 atom stereocenters. The SMILES string of the molecule is Cc1ccc(C(=O)N2N[C@H](c3ccc(C)cc3)[C@@H]3C(=O)N(c4ccc(Cl)cc4Cl)C(=O)[C@H]32)cc1. The van der Waals surface area contributed by atoms with Gasteiger partial charge in [0.15, 0.2) is 0 Å². The van der Waals surface area contributed by atoms with E-state index in [9.17, 15) is 14.4 Å². The highest BCUT2D eigenvalue weighted by molar-refractivity contribution is 6.38. The Labute approximate surface area is 207 Å². The maximum Gasteiger partial charge on any atom is 0.268 e. The van der Waals surface area contributed by atoms with Gasteiger partial charge in [-0.3, -0.25) is 19.4 Å². The van der Waals surface area contributed by atoms with Crippen LogP contribution in [0.25, 0.3) is 0 Å². The summed E-state index contributed by atoms with van der Waals surface area (Å²) in [6.07, 6.45) is 0. The summed E-state index contributed by atoms with van der Waals surface area (Å²) in [5.74, 6) is -2.12. The van der Waals surface area contributed by atoms with E-state index in [0.29, 0.717) is 10.6 Å². The molecule has 0 spiro atoms. The third kappa shape index (κ3) is 3.68. The number of benzene rings is 3. The van der Waals surface area contributed by atoms with E-state index in [1.165, 1.54) is 11.1 Å². The lowest BCUT2D eigenvalue weighted by molar-refractivity contribution is -0.123. The number of nitrogens with zero attached hydrogens (tertiary/aromatic N) is 2. The van der Waals surface area contributed by atoms with Crippen LogP contribution in [0, 0.1) is 19.8 Å². The summed E-state index contributed by atoms with van der Waals surface area (Å²) < 4.78 is 0. The minimum Gasteiger partial charge on any atom is -0.274 e. The van der Waals surface area contributed by atoms with Gasteiger partial charge >= 0.3 is 0 Å². The van der Waals surface area contributed by atoms with E-state index in [0.717, 1.165) is 21.6 Å². The molecule has 172 valence electrons. The molecule has 3 aromatic carbocycles. The van der Waals surface area contributed by atoms with Crippen LogP contribution in [-0.4, -0.2) is 28.8 Å². The number of aryl methyl sites for hydroxylation is 2. The van der Waals surface area contributed by atoms with Crippen LogP contribution in [0.1, 0.15) is 33.1 Å². The molecule has 0 aromatic heterocycles. The number of amides is 3. The van der Waals surface area contributed by atoms with Crippen molar-refractivity contribution in [2.45, 2.75) is 25.9 Å². The molecule has 1 N–H and O–H groups in total. The maximum absolute atomic E-state index is 13.7. The molecular formula is C26H21Cl2N3O3. The van der Waals surface area contributed by atoms with Crippen molar-refractivity contribution in [2.75, 3.05) is 4.90 Å². The summed E-state index contributed by atoms with van der Waals surface area (Å²) in [4.78, 5) is 41.9. The van der Waals surface area contributed by atoms with Gasteiger partial charge in [0.2, 0.25) is 5.91 Å². The summed E-state index contributed by atoms with van der Waals surface area (Å²) in [6.45, 7) is 3.90. The average molecular weight is 494 g/mol. The number of fused-ring (bicyclic) bond motifs is 1. The largest absolute Gasteiger partial charge is 0.274 e. The zero-order valence-electron chi connectivity index (χ0n) is 18.5. The molecule has 2 fully saturated rings. The quantitative estimate of drug-likeness (QED) is 0.528. The smallest absolute Gasteiger partial charge is 0.268 e. The van der Waals surface area contributed by atoms with Crippen molar-refractivity contribution in [3.05, 3.63) is 99.0 Å². The Morgan fingerprint density at radius 1 is 0.853 bits per heavy atom. The number of rotatable bonds is 3. The fourth-order valence-corrected chi connectivity index (χ4v) is 5.05. The van der Waals surface area contributed by atoms with Crippen molar-refractivity contribution in [1.29, 1.82) is 0 Å². The standard InChI is InChI=1S/C26H21Cl2N3O3/c1-14-3-7-16(8-4-14)22-21-23(31(29-22)24(32)17-9-5-15(2)6-10-17)26(34)30(25(21)33)20-12-11-18(27)13-19(20)28/h3-13,21-23,29H,1-2H3/t21-,22+,23-/m0/s1. The van der Waals surface area contributed by atoms with E-state index in [4.69, 9.17) is 23.2 Å². The molecule has 6 nitrogen and oxygen atoms in total. The van der Waals surface area contributed by atoms with Crippen LogP contribution in [0.5, 0.6) is 0 Å². The number of hydrogen-bond donors (Lipinski definition) is 1. The van der Waals surface area contributed by atoms with E-state index in [-0.39, 0.29) is 16.6 Å². The number of carbonyl (C=O) groups is 3. The Morgan fingerprint density at radius 3 is 2.09 bits per heavy atom. The number of halogens is 2. The molecule has 2 aliphatic rings. The monoisotopic (exact) mass is 493 g/mol. The number of anilines is 1. The normalized spacial score (nSPS) is 21.8. The average Bonchev–Trinajstić information content (AvgIpc) is 3.32. The molecule has 0 bridgehead atoms. The Hall–Kier alpha value is -3.19. The van der Waals surface area contributed by atoms with Gasteiger partial charge in [-0.2, -0.15) is 0 Å². The predicted octanol–water partition coefficient (Wildman–Crippen LogP) is 4.87. The number of hydrazine groups is 1. The second-order valence-electron chi connectivity index (χ2n) is 8.64. The Morgan fingerprint density at radius 2 is 1.47 bits per heavy atom. The number of nitrogens with one attached hydrogen (secondary N) is 1. The van der Waals surface area contributed by atoms with Gasteiger partial charge in [0, 0.05) is 10.6 Å². The topological polar surface area (TPSA) is 69.7 Å². The maximum atomic E-state index is 13.7. The van der Waals surface area contributed by atoms with Crippen LogP contribution >= 0.6 is 23.2 Å². The van der Waals surface area contributed by atoms with E-state index < -0.39 is 29.8 Å². The van der Waals surface area contributed by atoms with Gasteiger partial charge in [0.05, 0.1) is 22.7 Å². The van der Waals surface area contributed by atoms with Crippen molar-refractivity contribution in [3.8, 4) is 0 Å². The van der Waals surface area contributed by atoms with Gasteiger partial charge in [-0.25, -0.2) is 10.3 Å². The first-order chi connectivity index (χ1) is 16.3. The summed E-state index contributed by atoms with van der Waals surface area (Å²) >= 11 is 12.4. The lowest BCUT2D eigenvalue weighted by Crippen LogP contribution is -2.48. The molecule has 0 radical (unpaired) electrons. The van der Waals surface area contributed by atoms with Crippen LogP contribution in [0.15, 0.2) is 66.7 Å². The zero-order valence-corrected chi connectivity index (χ0v) is 20.0. The molecule has 0 unspecified atom stereocenters. The molecule has 34 heavy (non-hydrogen) atoms. The summed E-state index contributed by atoms with van der Waals surface area (Å²) in [7, 11) is 0. The number of hydrogen-bond acceptors (Lipinski definition) is 4. The van der Waals surface area contributed by atoms with Crippen molar-refractivity contribution in [3.63, 3.8) is 0 Å². The third-order valence-electron chi connectivity index (χ3n) is 6.34. The molecular weight excluding hydrogens is 473 g/mol. The zero-order chi connectivity index (χ0) is 24.1. The molecule has 2 aliphatic heterocycles. The minimum atomic E-state index is -1.01. The first-order valence-electron chi connectivity index (χ1n) is 10.8. The van der Waals surface area contributed by atoms with E-state index in [2.05, 4.69) is 5.43 Å². The second kappa shape index (κ2) is 8.55. The van der Waals surface area contributed by atoms with E-state index in [1.54, 1.807) is 24.3 Å². The summed E-state index contributed by atoms with van der Waals surface area (Å²) in [6, 6.07) is 17.8. The molecule has 2 heterocycles. The summed E-state index contributed by atoms with van der Waals surface area (Å²) in [5.41, 5.74) is 6.72. The second-order valence-corrected chi connectivity index (χ2v) is 9.48. The first kappa shape index (κ1) is 22.6. The lowest BCUT2D eigenvalue weighted by Gasteiger charge is -2.25. The molecule has 3 aromatic rings. The molecule has 3 amide bonds. The fraction of sp³-hybridized carbons (Fsp3) is 0.192. The first-order valence-corrected chi connectivity index (χ1v) is 11.6. The van der Waals surface area contributed by atoms with Crippen molar-refractivity contribution >= 4 is 46.6 Å². The van der Waals surface area contributed by atoms with Gasteiger partial charge in [-0.05, 0) is 49.7 Å². The molecule has 0 saturated carbocycles. The van der Waals surface area contributed by atoms with Crippen LogP contribution in [0.4, 0.5) is 5.69 Å². The van der Waals surface area contributed by atoms with Crippen molar-refractivity contribution in [2.24, 2.45) is 5.92 Å². The predicted molar refractivity (Wildman–Crippen MR) is 131 cm³/mol. The van der Waals surface area contributed by atoms with E-state index >= 15 is 0 Å². The number of carbonyl (C=O) groups excluding carboxylic acids is 3. The Bertz CT molecular complexity index is 1310. The molecule has 8 heteroatoms. The molecule has 2 saturated heterocycles. The van der Waals surface area contributed by atoms with Crippen LogP contribution < -0.4 is 10.3 Å². The highest BCUT2D eigenvalue weighted by atomic mass is 35.5. The van der Waals surface area contributed by atoms with Gasteiger partial charge in [0.25, 0.3) is 11.8 Å². The third-order valence-corrected chi connectivity index (χ3v) is 6.88. The lowest BCUT2D eigenvalue weighted by atomic mass is 9.90. The van der Waals surface area contributed by atoms with E-state index in [1.807, 2.05) is 50.2 Å². The molecule has 0 aliphatic carbocycles. The van der Waals surface area contributed by atoms with Gasteiger partial charge < -0.3 is 0 Å². The molecule has 5 rings (SSSR count). The minimum absolute atomic E-state index is 0.186. The van der Waals surface area contributed by atoms with Crippen LogP contribution in [-0.2, 0) is 9.59 Å². The summed E-state index contributed by atoms with van der Waals surface area (Å²) in [5, 5.41) is 1.87. The van der Waals surface area contributed by atoms with Crippen molar-refractivity contribution < 1.29 is 14.4 Å². The van der Waals surface area contributed by atoms with Crippen LogP contribution in [0.3, 0.4) is 0 Å². The van der Waals surface area contributed by atoms with Gasteiger partial charge in [-0.1, -0.05) is 70.7 Å². The van der Waals surface area contributed by atoms with Gasteiger partial charge in [0.1, 0.15) is 6.04 Å². The Balaban J connectivity index is 1.59. The van der Waals surface area contributed by atoms with Gasteiger partial charge in [-0.15, -0.1) is 0 Å². The fourth-order valence-electron chi connectivity index (χ4n) is 4.56. The Kier molecular flexibility index (Phi) is 5.68. The highest BCUT2D eigenvalue weighted by Gasteiger charge is 2.60. The number of imide groups is 1. The van der Waals surface area contributed by atoms with Crippen molar-refractivity contribution in [1.82, 2.24) is 10.4 Å². The highest BCUT2D eigenvalue weighted by Crippen LogP contribution is 2.44. The van der Waals surface area contributed by atoms with Crippen LogP contribution in [0.2, 0.25) is 10.0 Å².